The summed E-state index contributed by atoms with van der Waals surface area (Å²) in [6.07, 6.45) is 3.75. The number of fused-ring (bicyclic) bond motifs is 2. The van der Waals surface area contributed by atoms with Crippen molar-refractivity contribution in [1.82, 2.24) is 4.90 Å². The minimum Gasteiger partial charge on any atom is -0.395 e. The highest BCUT2D eigenvalue weighted by atomic mass is 16.5. The number of β-amino-alcohol motifs (C(OH)–C–C–N with tert-alkyl or cyclic N) is 1. The van der Waals surface area contributed by atoms with E-state index in [0.717, 1.165) is 26.1 Å². The fraction of sp³-hybridized carbons (Fsp3) is 0.647. The zero-order chi connectivity index (χ0) is 14.2. The number of methoxy groups -OCH3 is 1. The third-order valence-corrected chi connectivity index (χ3v) is 5.22. The van der Waals surface area contributed by atoms with E-state index in [1.54, 1.807) is 0 Å². The molecule has 2 aliphatic rings. The number of nitrogens with zero attached hydrogens (tertiary/aromatic N) is 1. The van der Waals surface area contributed by atoms with Gasteiger partial charge in [-0.3, -0.25) is 0 Å². The van der Waals surface area contributed by atoms with Crippen LogP contribution in [0.1, 0.15) is 42.1 Å². The summed E-state index contributed by atoms with van der Waals surface area (Å²) < 4.78 is 5.74. The standard InChI is InChI=1S/C17H25NO2/c1-13-3-4-15-14(11-13)16(20-2)12-17(15)5-7-18(8-6-17)9-10-19/h3-4,11,16,19H,5-10,12H2,1-2H3. The topological polar surface area (TPSA) is 32.7 Å². The Morgan fingerprint density at radius 1 is 1.35 bits per heavy atom. The number of likely N-dealkylation sites (tertiary alicyclic amines) is 1. The number of rotatable bonds is 3. The van der Waals surface area contributed by atoms with Crippen LogP contribution in [0.2, 0.25) is 0 Å². The van der Waals surface area contributed by atoms with Gasteiger partial charge in [-0.1, -0.05) is 23.8 Å². The van der Waals surface area contributed by atoms with Crippen LogP contribution in [0.25, 0.3) is 0 Å². The Morgan fingerprint density at radius 3 is 2.75 bits per heavy atom. The normalized spacial score (nSPS) is 25.1. The van der Waals surface area contributed by atoms with Gasteiger partial charge in [-0.2, -0.15) is 0 Å². The molecule has 1 unspecified atom stereocenters. The lowest BCUT2D eigenvalue weighted by Crippen LogP contribution is -2.42. The van der Waals surface area contributed by atoms with Gasteiger partial charge >= 0.3 is 0 Å². The van der Waals surface area contributed by atoms with Crippen molar-refractivity contribution in [1.29, 1.82) is 0 Å². The lowest BCUT2D eigenvalue weighted by molar-refractivity contribution is 0.0665. The third-order valence-electron chi connectivity index (χ3n) is 5.22. The highest BCUT2D eigenvalue weighted by molar-refractivity contribution is 5.44. The maximum Gasteiger partial charge on any atom is 0.0832 e. The average Bonchev–Trinajstić information content (AvgIpc) is 2.75. The summed E-state index contributed by atoms with van der Waals surface area (Å²) in [5.74, 6) is 0. The Bertz CT molecular complexity index is 478. The average molecular weight is 275 g/mol. The number of aliphatic hydroxyl groups is 1. The van der Waals surface area contributed by atoms with Crippen molar-refractivity contribution < 1.29 is 9.84 Å². The smallest absolute Gasteiger partial charge is 0.0832 e. The fourth-order valence-electron chi connectivity index (χ4n) is 4.04. The second-order valence-corrected chi connectivity index (χ2v) is 6.36. The van der Waals surface area contributed by atoms with Crippen LogP contribution in [0.3, 0.4) is 0 Å². The van der Waals surface area contributed by atoms with Crippen molar-refractivity contribution in [3.63, 3.8) is 0 Å². The van der Waals surface area contributed by atoms with Crippen molar-refractivity contribution in [2.45, 2.75) is 37.7 Å². The summed E-state index contributed by atoms with van der Waals surface area (Å²) >= 11 is 0. The van der Waals surface area contributed by atoms with Gasteiger partial charge in [-0.05, 0) is 50.4 Å². The van der Waals surface area contributed by atoms with Gasteiger partial charge in [0.15, 0.2) is 0 Å². The number of hydrogen-bond donors (Lipinski definition) is 1. The molecule has 3 heteroatoms. The minimum atomic E-state index is 0.259. The van der Waals surface area contributed by atoms with E-state index in [4.69, 9.17) is 9.84 Å². The zero-order valence-corrected chi connectivity index (χ0v) is 12.6. The SMILES string of the molecule is COC1CC2(CCN(CCO)CC2)c2ccc(C)cc21. The number of aliphatic hydroxyl groups excluding tert-OH is 1. The van der Waals surface area contributed by atoms with E-state index in [1.807, 2.05) is 7.11 Å². The zero-order valence-electron chi connectivity index (χ0n) is 12.6. The van der Waals surface area contributed by atoms with Gasteiger partial charge < -0.3 is 14.7 Å². The summed E-state index contributed by atoms with van der Waals surface area (Å²) in [5, 5.41) is 9.08. The minimum absolute atomic E-state index is 0.259. The first-order chi connectivity index (χ1) is 9.68. The van der Waals surface area contributed by atoms with E-state index in [1.165, 1.54) is 29.5 Å². The molecule has 1 heterocycles. The second kappa shape index (κ2) is 5.47. The van der Waals surface area contributed by atoms with Crippen LogP contribution >= 0.6 is 0 Å². The highest BCUT2D eigenvalue weighted by Crippen LogP contribution is 2.51. The van der Waals surface area contributed by atoms with Crippen LogP contribution in [-0.2, 0) is 10.2 Å². The van der Waals surface area contributed by atoms with E-state index < -0.39 is 0 Å². The molecule has 1 saturated heterocycles. The van der Waals surface area contributed by atoms with Gasteiger partial charge in [0, 0.05) is 19.1 Å². The second-order valence-electron chi connectivity index (χ2n) is 6.36. The van der Waals surface area contributed by atoms with Crippen LogP contribution in [0.15, 0.2) is 18.2 Å². The largest absolute Gasteiger partial charge is 0.395 e. The molecular formula is C17H25NO2. The monoisotopic (exact) mass is 275 g/mol. The maximum absolute atomic E-state index is 9.08. The predicted octanol–water partition coefficient (Wildman–Crippen LogP) is 2.41. The van der Waals surface area contributed by atoms with Gasteiger partial charge in [0.1, 0.15) is 0 Å². The van der Waals surface area contributed by atoms with E-state index in [2.05, 4.69) is 30.0 Å². The molecule has 0 saturated carbocycles. The van der Waals surface area contributed by atoms with Crippen molar-refractivity contribution >= 4 is 0 Å². The molecule has 20 heavy (non-hydrogen) atoms. The molecule has 3 rings (SSSR count). The maximum atomic E-state index is 9.08. The molecule has 0 aromatic heterocycles. The first kappa shape index (κ1) is 14.1. The van der Waals surface area contributed by atoms with E-state index in [9.17, 15) is 0 Å². The van der Waals surface area contributed by atoms with Gasteiger partial charge in [-0.25, -0.2) is 0 Å². The van der Waals surface area contributed by atoms with Gasteiger partial charge in [0.2, 0.25) is 0 Å². The summed E-state index contributed by atoms with van der Waals surface area (Å²) in [5.41, 5.74) is 4.54. The van der Waals surface area contributed by atoms with Crippen molar-refractivity contribution in [2.24, 2.45) is 0 Å². The molecule has 0 bridgehead atoms. The Kier molecular flexibility index (Phi) is 3.85. The molecule has 1 aliphatic carbocycles. The Labute approximate surface area is 121 Å². The molecule has 1 aliphatic heterocycles. The first-order valence-electron chi connectivity index (χ1n) is 7.65. The molecule has 0 amide bonds. The van der Waals surface area contributed by atoms with E-state index in [0.29, 0.717) is 5.41 Å². The van der Waals surface area contributed by atoms with Crippen LogP contribution < -0.4 is 0 Å². The summed E-state index contributed by atoms with van der Waals surface area (Å²) in [6, 6.07) is 6.86. The number of ether oxygens (including phenoxy) is 1. The van der Waals surface area contributed by atoms with Gasteiger partial charge in [-0.15, -0.1) is 0 Å². The molecular weight excluding hydrogens is 250 g/mol. The lowest BCUT2D eigenvalue weighted by Gasteiger charge is -2.40. The number of piperidine rings is 1. The van der Waals surface area contributed by atoms with E-state index in [-0.39, 0.29) is 12.7 Å². The Morgan fingerprint density at radius 2 is 2.10 bits per heavy atom. The first-order valence-corrected chi connectivity index (χ1v) is 7.65. The summed E-state index contributed by atoms with van der Waals surface area (Å²) in [6.45, 7) is 5.41. The molecule has 1 aromatic carbocycles. The third kappa shape index (κ3) is 2.28. The predicted molar refractivity (Wildman–Crippen MR) is 80.0 cm³/mol. The van der Waals surface area contributed by atoms with Crippen LogP contribution in [-0.4, -0.2) is 43.4 Å². The van der Waals surface area contributed by atoms with Gasteiger partial charge in [0.25, 0.3) is 0 Å². The van der Waals surface area contributed by atoms with Crippen molar-refractivity contribution in [3.8, 4) is 0 Å². The number of hydrogen-bond acceptors (Lipinski definition) is 3. The van der Waals surface area contributed by atoms with Crippen LogP contribution in [0.4, 0.5) is 0 Å². The van der Waals surface area contributed by atoms with Crippen molar-refractivity contribution in [3.05, 3.63) is 34.9 Å². The van der Waals surface area contributed by atoms with Gasteiger partial charge in [0.05, 0.1) is 12.7 Å². The molecule has 1 atom stereocenters. The molecule has 1 N–H and O–H groups in total. The van der Waals surface area contributed by atoms with Crippen LogP contribution in [0, 0.1) is 6.92 Å². The molecule has 0 radical (unpaired) electrons. The van der Waals surface area contributed by atoms with Crippen LogP contribution in [0.5, 0.6) is 0 Å². The molecule has 1 fully saturated rings. The van der Waals surface area contributed by atoms with Crippen molar-refractivity contribution in [2.75, 3.05) is 33.4 Å². The summed E-state index contributed by atoms with van der Waals surface area (Å²) in [4.78, 5) is 2.37. The molecule has 1 aromatic rings. The lowest BCUT2D eigenvalue weighted by atomic mass is 9.73. The quantitative estimate of drug-likeness (QED) is 0.919. The highest BCUT2D eigenvalue weighted by Gasteiger charge is 2.45. The molecule has 110 valence electrons. The summed E-state index contributed by atoms with van der Waals surface area (Å²) in [7, 11) is 1.83. The Hall–Kier alpha value is -0.900. The molecule has 1 spiro atoms. The fourth-order valence-corrected chi connectivity index (χ4v) is 4.04. The number of benzene rings is 1. The Balaban J connectivity index is 1.86. The number of aryl methyl sites for hydroxylation is 1. The molecule has 3 nitrogen and oxygen atoms in total. The van der Waals surface area contributed by atoms with E-state index >= 15 is 0 Å².